The van der Waals surface area contributed by atoms with Crippen molar-refractivity contribution in [3.8, 4) is 0 Å². The van der Waals surface area contributed by atoms with Crippen molar-refractivity contribution in [2.24, 2.45) is 0 Å². The van der Waals surface area contributed by atoms with Crippen LogP contribution in [0.15, 0.2) is 39.5 Å². The number of pyridine rings is 1. The summed E-state index contributed by atoms with van der Waals surface area (Å²) in [4.78, 5) is 4.18. The molecule has 0 aliphatic carbocycles. The van der Waals surface area contributed by atoms with E-state index in [1.54, 1.807) is 12.5 Å². The smallest absolute Gasteiger partial charge is 0.140 e. The summed E-state index contributed by atoms with van der Waals surface area (Å²) in [6.45, 7) is 0.767. The second kappa shape index (κ2) is 5.03. The van der Waals surface area contributed by atoms with E-state index in [0.29, 0.717) is 5.69 Å². The molecule has 2 aromatic heterocycles. The van der Waals surface area contributed by atoms with E-state index in [1.165, 1.54) is 0 Å². The molecule has 0 aromatic carbocycles. The SMILES string of the molecule is Nc1cnc(NCCc2ccco2)c(Br)c1. The first kappa shape index (κ1) is 11.0. The second-order valence-electron chi connectivity index (χ2n) is 3.36. The van der Waals surface area contributed by atoms with Crippen molar-refractivity contribution in [1.82, 2.24) is 4.98 Å². The topological polar surface area (TPSA) is 64.1 Å². The van der Waals surface area contributed by atoms with E-state index >= 15 is 0 Å². The second-order valence-corrected chi connectivity index (χ2v) is 4.21. The number of nitrogen functional groups attached to an aromatic ring is 1. The number of hydrogen-bond acceptors (Lipinski definition) is 4. The molecule has 2 heterocycles. The van der Waals surface area contributed by atoms with Crippen molar-refractivity contribution in [2.45, 2.75) is 6.42 Å². The zero-order valence-electron chi connectivity index (χ0n) is 8.61. The van der Waals surface area contributed by atoms with Crippen molar-refractivity contribution < 1.29 is 4.42 Å². The van der Waals surface area contributed by atoms with Crippen LogP contribution in [0.25, 0.3) is 0 Å². The van der Waals surface area contributed by atoms with Crippen molar-refractivity contribution in [3.05, 3.63) is 40.9 Å². The van der Waals surface area contributed by atoms with Crippen LogP contribution >= 0.6 is 15.9 Å². The number of halogens is 1. The van der Waals surface area contributed by atoms with Crippen LogP contribution in [0.2, 0.25) is 0 Å². The molecule has 0 bridgehead atoms. The van der Waals surface area contributed by atoms with Crippen LogP contribution in [-0.2, 0) is 6.42 Å². The van der Waals surface area contributed by atoms with Gasteiger partial charge in [-0.3, -0.25) is 0 Å². The number of nitrogens with two attached hydrogens (primary N) is 1. The predicted octanol–water partition coefficient (Wildman–Crippen LogP) is 2.67. The van der Waals surface area contributed by atoms with Gasteiger partial charge in [-0.25, -0.2) is 4.98 Å². The fraction of sp³-hybridized carbons (Fsp3) is 0.182. The van der Waals surface area contributed by atoms with E-state index in [-0.39, 0.29) is 0 Å². The average Bonchev–Trinajstić information content (AvgIpc) is 2.74. The molecule has 3 N–H and O–H groups in total. The van der Waals surface area contributed by atoms with Crippen LogP contribution in [0.1, 0.15) is 5.76 Å². The fourth-order valence-corrected chi connectivity index (χ4v) is 1.85. The van der Waals surface area contributed by atoms with E-state index in [0.717, 1.165) is 29.0 Å². The highest BCUT2D eigenvalue weighted by molar-refractivity contribution is 9.10. The predicted molar refractivity (Wildman–Crippen MR) is 67.3 cm³/mol. The lowest BCUT2D eigenvalue weighted by Gasteiger charge is -2.06. The Bertz CT molecular complexity index is 456. The summed E-state index contributed by atoms with van der Waals surface area (Å²) in [5.74, 6) is 1.75. The molecule has 16 heavy (non-hydrogen) atoms. The van der Waals surface area contributed by atoms with E-state index < -0.39 is 0 Å². The van der Waals surface area contributed by atoms with Gasteiger partial charge in [-0.2, -0.15) is 0 Å². The van der Waals surface area contributed by atoms with E-state index in [9.17, 15) is 0 Å². The fourth-order valence-electron chi connectivity index (χ4n) is 1.34. The molecule has 0 aliphatic rings. The van der Waals surface area contributed by atoms with E-state index in [4.69, 9.17) is 10.2 Å². The zero-order chi connectivity index (χ0) is 11.4. The highest BCUT2D eigenvalue weighted by atomic mass is 79.9. The van der Waals surface area contributed by atoms with Gasteiger partial charge in [-0.05, 0) is 34.1 Å². The number of nitrogens with one attached hydrogen (secondary N) is 1. The molecule has 5 heteroatoms. The summed E-state index contributed by atoms with van der Waals surface area (Å²) in [6, 6.07) is 5.65. The van der Waals surface area contributed by atoms with Gasteiger partial charge in [0.05, 0.1) is 22.6 Å². The Morgan fingerprint density at radius 1 is 1.50 bits per heavy atom. The van der Waals surface area contributed by atoms with Gasteiger partial charge < -0.3 is 15.5 Å². The quantitative estimate of drug-likeness (QED) is 0.905. The highest BCUT2D eigenvalue weighted by Gasteiger charge is 2.01. The van der Waals surface area contributed by atoms with Crippen LogP contribution < -0.4 is 11.1 Å². The van der Waals surface area contributed by atoms with Crippen LogP contribution in [0.3, 0.4) is 0 Å². The number of rotatable bonds is 4. The van der Waals surface area contributed by atoms with E-state index in [1.807, 2.05) is 18.2 Å². The van der Waals surface area contributed by atoms with Gasteiger partial charge in [0.15, 0.2) is 0 Å². The number of hydrogen-bond donors (Lipinski definition) is 2. The number of furan rings is 1. The van der Waals surface area contributed by atoms with Crippen LogP contribution in [0.4, 0.5) is 11.5 Å². The lowest BCUT2D eigenvalue weighted by Crippen LogP contribution is -2.06. The summed E-state index contributed by atoms with van der Waals surface area (Å²) in [5.41, 5.74) is 6.24. The molecule has 0 aliphatic heterocycles. The third kappa shape index (κ3) is 2.76. The first-order valence-electron chi connectivity index (χ1n) is 4.93. The van der Waals surface area contributed by atoms with Crippen molar-refractivity contribution in [1.29, 1.82) is 0 Å². The van der Waals surface area contributed by atoms with Gasteiger partial charge >= 0.3 is 0 Å². The minimum Gasteiger partial charge on any atom is -0.469 e. The molecule has 4 nitrogen and oxygen atoms in total. The molecule has 0 atom stereocenters. The maximum absolute atomic E-state index is 5.60. The van der Waals surface area contributed by atoms with Crippen LogP contribution in [0, 0.1) is 0 Å². The average molecular weight is 282 g/mol. The first-order chi connectivity index (χ1) is 7.75. The molecule has 2 rings (SSSR count). The third-order valence-electron chi connectivity index (χ3n) is 2.11. The van der Waals surface area contributed by atoms with E-state index in [2.05, 4.69) is 26.2 Å². The van der Waals surface area contributed by atoms with Gasteiger partial charge in [0, 0.05) is 13.0 Å². The van der Waals surface area contributed by atoms with Crippen molar-refractivity contribution in [3.63, 3.8) is 0 Å². The Kier molecular flexibility index (Phi) is 3.46. The van der Waals surface area contributed by atoms with Gasteiger partial charge in [-0.15, -0.1) is 0 Å². The molecule has 0 spiro atoms. The lowest BCUT2D eigenvalue weighted by atomic mass is 10.3. The molecule has 0 fully saturated rings. The molecule has 0 unspecified atom stereocenters. The Balaban J connectivity index is 1.90. The Hall–Kier alpha value is -1.49. The number of nitrogens with zero attached hydrogens (tertiary/aromatic N) is 1. The molecule has 0 saturated carbocycles. The third-order valence-corrected chi connectivity index (χ3v) is 2.71. The molecule has 0 amide bonds. The molecular formula is C11H12BrN3O. The highest BCUT2D eigenvalue weighted by Crippen LogP contribution is 2.21. The molecule has 0 saturated heterocycles. The monoisotopic (exact) mass is 281 g/mol. The summed E-state index contributed by atoms with van der Waals surface area (Å²) in [5, 5.41) is 3.20. The minimum absolute atomic E-state index is 0.642. The lowest BCUT2D eigenvalue weighted by molar-refractivity contribution is 0.513. The summed E-state index contributed by atoms with van der Waals surface area (Å²) in [7, 11) is 0. The maximum atomic E-state index is 5.60. The maximum Gasteiger partial charge on any atom is 0.140 e. The van der Waals surface area contributed by atoms with Crippen LogP contribution in [-0.4, -0.2) is 11.5 Å². The Morgan fingerprint density at radius 2 is 2.38 bits per heavy atom. The molecule has 0 radical (unpaired) electrons. The first-order valence-corrected chi connectivity index (χ1v) is 5.72. The summed E-state index contributed by atoms with van der Waals surface area (Å²) in [6.07, 6.45) is 4.12. The number of anilines is 2. The Labute approximate surface area is 102 Å². The van der Waals surface area contributed by atoms with Gasteiger partial charge in [0.2, 0.25) is 0 Å². The zero-order valence-corrected chi connectivity index (χ0v) is 10.2. The summed E-state index contributed by atoms with van der Waals surface area (Å²) >= 11 is 3.40. The van der Waals surface area contributed by atoms with Crippen molar-refractivity contribution >= 4 is 27.4 Å². The summed E-state index contributed by atoms with van der Waals surface area (Å²) < 4.78 is 6.10. The molecular weight excluding hydrogens is 270 g/mol. The number of aromatic nitrogens is 1. The normalized spacial score (nSPS) is 10.3. The molecule has 84 valence electrons. The van der Waals surface area contributed by atoms with Crippen molar-refractivity contribution in [2.75, 3.05) is 17.6 Å². The van der Waals surface area contributed by atoms with Gasteiger partial charge in [0.1, 0.15) is 11.6 Å². The van der Waals surface area contributed by atoms with Gasteiger partial charge in [0.25, 0.3) is 0 Å². The van der Waals surface area contributed by atoms with Gasteiger partial charge in [-0.1, -0.05) is 0 Å². The standard InChI is InChI=1S/C11H12BrN3O/c12-10-6-8(13)7-15-11(10)14-4-3-9-2-1-5-16-9/h1-2,5-7H,3-4,13H2,(H,14,15). The van der Waals surface area contributed by atoms with Crippen LogP contribution in [0.5, 0.6) is 0 Å². The largest absolute Gasteiger partial charge is 0.469 e. The Morgan fingerprint density at radius 3 is 3.06 bits per heavy atom. The minimum atomic E-state index is 0.642. The molecule has 2 aromatic rings.